The van der Waals surface area contributed by atoms with Crippen LogP contribution in [0.1, 0.15) is 30.9 Å². The van der Waals surface area contributed by atoms with E-state index in [1.807, 2.05) is 13.0 Å². The van der Waals surface area contributed by atoms with Gasteiger partial charge in [-0.1, -0.05) is 37.3 Å². The molecular formula is C26H31N3O2. The van der Waals surface area contributed by atoms with E-state index < -0.39 is 0 Å². The van der Waals surface area contributed by atoms with E-state index in [9.17, 15) is 4.79 Å². The Kier molecular flexibility index (Phi) is 6.52. The second kappa shape index (κ2) is 9.48. The zero-order chi connectivity index (χ0) is 21.8. The van der Waals surface area contributed by atoms with Gasteiger partial charge in [-0.2, -0.15) is 0 Å². The van der Waals surface area contributed by atoms with E-state index in [1.165, 1.54) is 11.1 Å². The molecule has 0 aliphatic carbocycles. The number of carbonyl (C=O) groups excluding carboxylic acids is 1. The van der Waals surface area contributed by atoms with Crippen molar-refractivity contribution >= 4 is 22.6 Å². The number of amides is 1. The molecule has 1 saturated heterocycles. The van der Waals surface area contributed by atoms with Crippen molar-refractivity contribution in [3.63, 3.8) is 0 Å². The maximum Gasteiger partial charge on any atom is 0.223 e. The molecule has 2 heterocycles. The molecule has 1 amide bonds. The minimum absolute atomic E-state index is 0.0691. The highest BCUT2D eigenvalue weighted by Crippen LogP contribution is 2.28. The van der Waals surface area contributed by atoms with Gasteiger partial charge in [-0.05, 0) is 72.6 Å². The van der Waals surface area contributed by atoms with Crippen LogP contribution in [0.25, 0.3) is 22.0 Å². The standard InChI is InChI=1S/C26H31N3O2/c1-17-5-3-4-6-23(17)20-7-8-24-21(14-20)15-22(25(27)29-24)13-18(2)26(30)28-16-19-9-11-31-12-10-19/h3-8,14-15,18-19H,9-13,16H2,1-2H3,(H2,27,29)(H,28,30)/t18-/m1/s1. The first-order chi connectivity index (χ1) is 15.0. The first-order valence-electron chi connectivity index (χ1n) is 11.1. The lowest BCUT2D eigenvalue weighted by Crippen LogP contribution is -2.36. The van der Waals surface area contributed by atoms with Crippen LogP contribution in [0.5, 0.6) is 0 Å². The van der Waals surface area contributed by atoms with Gasteiger partial charge in [-0.25, -0.2) is 4.98 Å². The lowest BCUT2D eigenvalue weighted by Gasteiger charge is -2.23. The molecule has 1 aliphatic heterocycles. The van der Waals surface area contributed by atoms with Gasteiger partial charge in [0, 0.05) is 31.1 Å². The highest BCUT2D eigenvalue weighted by molar-refractivity contribution is 5.87. The molecule has 0 saturated carbocycles. The van der Waals surface area contributed by atoms with E-state index in [1.54, 1.807) is 0 Å². The Balaban J connectivity index is 1.49. The second-order valence-electron chi connectivity index (χ2n) is 8.66. The summed E-state index contributed by atoms with van der Waals surface area (Å²) in [5.41, 5.74) is 11.6. The third-order valence-corrected chi connectivity index (χ3v) is 6.26. The number of aromatic nitrogens is 1. The Labute approximate surface area is 184 Å². The van der Waals surface area contributed by atoms with Gasteiger partial charge in [0.15, 0.2) is 0 Å². The third kappa shape index (κ3) is 5.05. The molecule has 0 radical (unpaired) electrons. The van der Waals surface area contributed by atoms with E-state index in [0.717, 1.165) is 54.6 Å². The Hall–Kier alpha value is -2.92. The molecule has 0 unspecified atom stereocenters. The number of nitrogens with one attached hydrogen (secondary N) is 1. The van der Waals surface area contributed by atoms with Gasteiger partial charge in [0.05, 0.1) is 5.52 Å². The minimum Gasteiger partial charge on any atom is -0.383 e. The summed E-state index contributed by atoms with van der Waals surface area (Å²) in [4.78, 5) is 17.2. The molecule has 4 rings (SSSR count). The molecule has 162 valence electrons. The number of pyridine rings is 1. The number of aryl methyl sites for hydroxylation is 1. The smallest absolute Gasteiger partial charge is 0.223 e. The van der Waals surface area contributed by atoms with Crippen molar-refractivity contribution < 1.29 is 9.53 Å². The summed E-state index contributed by atoms with van der Waals surface area (Å²) in [6.07, 6.45) is 2.60. The van der Waals surface area contributed by atoms with Crippen molar-refractivity contribution in [1.29, 1.82) is 0 Å². The fourth-order valence-electron chi connectivity index (χ4n) is 4.26. The second-order valence-corrected chi connectivity index (χ2v) is 8.66. The number of carbonyl (C=O) groups is 1. The SMILES string of the molecule is Cc1ccccc1-c1ccc2nc(N)c(C[C@@H](C)C(=O)NCC3CCOCC3)cc2c1. The first kappa shape index (κ1) is 21.3. The van der Waals surface area contributed by atoms with E-state index in [0.29, 0.717) is 18.2 Å². The average molecular weight is 418 g/mol. The van der Waals surface area contributed by atoms with Crippen molar-refractivity contribution in [1.82, 2.24) is 10.3 Å². The van der Waals surface area contributed by atoms with Gasteiger partial charge in [0.25, 0.3) is 0 Å². The number of fused-ring (bicyclic) bond motifs is 1. The highest BCUT2D eigenvalue weighted by atomic mass is 16.5. The summed E-state index contributed by atoms with van der Waals surface area (Å²) in [5.74, 6) is 0.915. The van der Waals surface area contributed by atoms with Crippen molar-refractivity contribution in [3.05, 3.63) is 59.7 Å². The molecular weight excluding hydrogens is 386 g/mol. The summed E-state index contributed by atoms with van der Waals surface area (Å²) in [7, 11) is 0. The number of anilines is 1. The molecule has 31 heavy (non-hydrogen) atoms. The van der Waals surface area contributed by atoms with Crippen LogP contribution >= 0.6 is 0 Å². The largest absolute Gasteiger partial charge is 0.383 e. The van der Waals surface area contributed by atoms with Crippen LogP contribution in [0, 0.1) is 18.8 Å². The average Bonchev–Trinajstić information content (AvgIpc) is 2.78. The molecule has 2 aromatic carbocycles. The molecule has 1 atom stereocenters. The van der Waals surface area contributed by atoms with Gasteiger partial charge >= 0.3 is 0 Å². The maximum absolute atomic E-state index is 12.6. The fraction of sp³-hybridized carbons (Fsp3) is 0.385. The van der Waals surface area contributed by atoms with E-state index in [-0.39, 0.29) is 11.8 Å². The van der Waals surface area contributed by atoms with Crippen molar-refractivity contribution in [2.75, 3.05) is 25.5 Å². The van der Waals surface area contributed by atoms with Gasteiger partial charge in [-0.15, -0.1) is 0 Å². The monoisotopic (exact) mass is 417 g/mol. The summed E-state index contributed by atoms with van der Waals surface area (Å²) in [6, 6.07) is 16.7. The van der Waals surface area contributed by atoms with Gasteiger partial charge < -0.3 is 15.8 Å². The Morgan fingerprint density at radius 3 is 2.74 bits per heavy atom. The van der Waals surface area contributed by atoms with Crippen molar-refractivity contribution in [2.45, 2.75) is 33.1 Å². The Bertz CT molecular complexity index is 1070. The molecule has 0 spiro atoms. The number of ether oxygens (including phenoxy) is 1. The molecule has 5 heteroatoms. The molecule has 3 N–H and O–H groups in total. The molecule has 1 fully saturated rings. The van der Waals surface area contributed by atoms with Gasteiger partial charge in [-0.3, -0.25) is 4.79 Å². The quantitative estimate of drug-likeness (QED) is 0.618. The normalized spacial score (nSPS) is 15.7. The van der Waals surface area contributed by atoms with E-state index >= 15 is 0 Å². The lowest BCUT2D eigenvalue weighted by molar-refractivity contribution is -0.124. The van der Waals surface area contributed by atoms with Crippen LogP contribution in [-0.4, -0.2) is 30.6 Å². The van der Waals surface area contributed by atoms with Crippen LogP contribution in [0.3, 0.4) is 0 Å². The summed E-state index contributed by atoms with van der Waals surface area (Å²) < 4.78 is 5.39. The number of nitrogens with zero attached hydrogens (tertiary/aromatic N) is 1. The Morgan fingerprint density at radius 2 is 1.97 bits per heavy atom. The van der Waals surface area contributed by atoms with Crippen LogP contribution in [-0.2, 0) is 16.0 Å². The first-order valence-corrected chi connectivity index (χ1v) is 11.1. The number of nitrogen functional groups attached to an aromatic ring is 1. The van der Waals surface area contributed by atoms with Crippen LogP contribution < -0.4 is 11.1 Å². The van der Waals surface area contributed by atoms with Crippen LogP contribution in [0.15, 0.2) is 48.5 Å². The van der Waals surface area contributed by atoms with Crippen molar-refractivity contribution in [2.24, 2.45) is 11.8 Å². The van der Waals surface area contributed by atoms with Crippen LogP contribution in [0.2, 0.25) is 0 Å². The molecule has 0 bridgehead atoms. The third-order valence-electron chi connectivity index (χ3n) is 6.26. The maximum atomic E-state index is 12.6. The highest BCUT2D eigenvalue weighted by Gasteiger charge is 2.19. The number of hydrogen-bond donors (Lipinski definition) is 2. The summed E-state index contributed by atoms with van der Waals surface area (Å²) >= 11 is 0. The van der Waals surface area contributed by atoms with E-state index in [2.05, 4.69) is 59.7 Å². The number of nitrogens with two attached hydrogens (primary N) is 1. The zero-order valence-corrected chi connectivity index (χ0v) is 18.4. The topological polar surface area (TPSA) is 77.2 Å². The Morgan fingerprint density at radius 1 is 1.19 bits per heavy atom. The van der Waals surface area contributed by atoms with E-state index in [4.69, 9.17) is 10.5 Å². The number of benzene rings is 2. The lowest BCUT2D eigenvalue weighted by atomic mass is 9.96. The van der Waals surface area contributed by atoms with Gasteiger partial charge in [0.2, 0.25) is 5.91 Å². The predicted octanol–water partition coefficient (Wildman–Crippen LogP) is 4.51. The zero-order valence-electron chi connectivity index (χ0n) is 18.4. The summed E-state index contributed by atoms with van der Waals surface area (Å²) in [5, 5.41) is 4.15. The molecule has 3 aromatic rings. The van der Waals surface area contributed by atoms with Crippen molar-refractivity contribution in [3.8, 4) is 11.1 Å². The van der Waals surface area contributed by atoms with Crippen LogP contribution in [0.4, 0.5) is 5.82 Å². The fourth-order valence-corrected chi connectivity index (χ4v) is 4.26. The predicted molar refractivity (Wildman–Crippen MR) is 126 cm³/mol. The summed E-state index contributed by atoms with van der Waals surface area (Å²) in [6.45, 7) is 6.37. The van der Waals surface area contributed by atoms with Gasteiger partial charge in [0.1, 0.15) is 5.82 Å². The number of rotatable bonds is 6. The molecule has 5 nitrogen and oxygen atoms in total. The number of hydrogen-bond acceptors (Lipinski definition) is 4. The molecule has 1 aliphatic rings. The molecule has 1 aromatic heterocycles. The minimum atomic E-state index is -0.166.